The molecule has 0 aliphatic heterocycles. The van der Waals surface area contributed by atoms with E-state index in [0.29, 0.717) is 17.0 Å². The van der Waals surface area contributed by atoms with Crippen LogP contribution < -0.4 is 15.4 Å². The van der Waals surface area contributed by atoms with Crippen LogP contribution in [0.25, 0.3) is 0 Å². The summed E-state index contributed by atoms with van der Waals surface area (Å²) in [5.74, 6) is -0.991. The Hall–Kier alpha value is -3.33. The molecular formula is C17H15N3O3. The smallest absolute Gasteiger partial charge is 0.313 e. The number of nitriles is 1. The number of hydrogen-bond acceptors (Lipinski definition) is 4. The van der Waals surface area contributed by atoms with E-state index < -0.39 is 11.8 Å². The first kappa shape index (κ1) is 16.0. The Balaban J connectivity index is 1.98. The number of hydrogen-bond donors (Lipinski definition) is 2. The van der Waals surface area contributed by atoms with Crippen LogP contribution in [0.5, 0.6) is 5.75 Å². The number of carbonyl (C=O) groups excluding carboxylic acids is 2. The number of nitrogens with one attached hydrogen (secondary N) is 2. The first-order valence-electron chi connectivity index (χ1n) is 6.86. The van der Waals surface area contributed by atoms with E-state index in [9.17, 15) is 9.59 Å². The zero-order chi connectivity index (χ0) is 16.7. The molecule has 0 fully saturated rings. The van der Waals surface area contributed by atoms with Crippen LogP contribution in [-0.2, 0) is 16.1 Å². The molecular weight excluding hydrogens is 294 g/mol. The van der Waals surface area contributed by atoms with Crippen molar-refractivity contribution in [2.75, 3.05) is 12.4 Å². The molecule has 6 nitrogen and oxygen atoms in total. The van der Waals surface area contributed by atoms with Crippen molar-refractivity contribution in [3.8, 4) is 11.8 Å². The molecule has 0 aliphatic rings. The highest BCUT2D eigenvalue weighted by Crippen LogP contribution is 2.17. The molecule has 6 heteroatoms. The van der Waals surface area contributed by atoms with Gasteiger partial charge in [-0.2, -0.15) is 5.26 Å². The fourth-order valence-corrected chi connectivity index (χ4v) is 1.97. The average Bonchev–Trinajstić information content (AvgIpc) is 2.60. The zero-order valence-corrected chi connectivity index (χ0v) is 12.5. The van der Waals surface area contributed by atoms with Crippen LogP contribution >= 0.6 is 0 Å². The lowest BCUT2D eigenvalue weighted by Gasteiger charge is -2.10. The summed E-state index contributed by atoms with van der Waals surface area (Å²) in [4.78, 5) is 23.8. The molecule has 0 spiro atoms. The molecule has 0 unspecified atom stereocenters. The van der Waals surface area contributed by atoms with Crippen LogP contribution in [0.2, 0.25) is 0 Å². The molecule has 0 aromatic heterocycles. The molecule has 0 saturated carbocycles. The van der Waals surface area contributed by atoms with E-state index in [1.54, 1.807) is 36.4 Å². The third-order valence-corrected chi connectivity index (χ3v) is 3.13. The van der Waals surface area contributed by atoms with Crippen molar-refractivity contribution < 1.29 is 14.3 Å². The van der Waals surface area contributed by atoms with Crippen LogP contribution in [0.1, 0.15) is 11.1 Å². The number of anilines is 1. The lowest BCUT2D eigenvalue weighted by Crippen LogP contribution is -2.35. The fourth-order valence-electron chi connectivity index (χ4n) is 1.97. The summed E-state index contributed by atoms with van der Waals surface area (Å²) < 4.78 is 5.18. The van der Waals surface area contributed by atoms with Gasteiger partial charge in [0.2, 0.25) is 0 Å². The van der Waals surface area contributed by atoms with E-state index in [-0.39, 0.29) is 6.54 Å². The number of ether oxygens (including phenoxy) is 1. The van der Waals surface area contributed by atoms with Crippen molar-refractivity contribution in [3.63, 3.8) is 0 Å². The summed E-state index contributed by atoms with van der Waals surface area (Å²) in [5.41, 5.74) is 1.35. The van der Waals surface area contributed by atoms with Crippen molar-refractivity contribution in [3.05, 3.63) is 59.7 Å². The van der Waals surface area contributed by atoms with Crippen LogP contribution in [0.3, 0.4) is 0 Å². The Kier molecular flexibility index (Phi) is 5.31. The van der Waals surface area contributed by atoms with E-state index in [4.69, 9.17) is 10.00 Å². The molecule has 0 atom stereocenters. The van der Waals surface area contributed by atoms with Crippen molar-refractivity contribution in [2.24, 2.45) is 0 Å². The normalized spacial score (nSPS) is 9.57. The van der Waals surface area contributed by atoms with Gasteiger partial charge < -0.3 is 15.4 Å². The van der Waals surface area contributed by atoms with E-state index in [1.165, 1.54) is 7.11 Å². The number of amides is 2. The van der Waals surface area contributed by atoms with Crippen LogP contribution in [0, 0.1) is 11.3 Å². The first-order chi connectivity index (χ1) is 11.2. The van der Waals surface area contributed by atoms with Gasteiger partial charge in [-0.05, 0) is 18.2 Å². The highest BCUT2D eigenvalue weighted by Gasteiger charge is 2.15. The molecule has 2 rings (SSSR count). The highest BCUT2D eigenvalue weighted by atomic mass is 16.5. The lowest BCUT2D eigenvalue weighted by molar-refractivity contribution is -0.136. The molecule has 2 aromatic rings. The third kappa shape index (κ3) is 4.08. The van der Waals surface area contributed by atoms with Crippen LogP contribution in [0.4, 0.5) is 5.69 Å². The molecule has 2 aromatic carbocycles. The number of carbonyl (C=O) groups is 2. The van der Waals surface area contributed by atoms with Gasteiger partial charge in [0.05, 0.1) is 18.4 Å². The molecule has 0 heterocycles. The summed E-state index contributed by atoms with van der Waals surface area (Å²) in [5, 5.41) is 13.9. The Bertz CT molecular complexity index is 766. The second kappa shape index (κ2) is 7.61. The average molecular weight is 309 g/mol. The van der Waals surface area contributed by atoms with Gasteiger partial charge >= 0.3 is 11.8 Å². The summed E-state index contributed by atoms with van der Waals surface area (Å²) >= 11 is 0. The predicted octanol–water partition coefficient (Wildman–Crippen LogP) is 1.82. The summed E-state index contributed by atoms with van der Waals surface area (Å²) in [6.45, 7) is 0.163. The van der Waals surface area contributed by atoms with E-state index in [2.05, 4.69) is 10.6 Å². The van der Waals surface area contributed by atoms with Gasteiger partial charge in [-0.1, -0.05) is 30.3 Å². The summed E-state index contributed by atoms with van der Waals surface area (Å²) in [7, 11) is 1.53. The van der Waals surface area contributed by atoms with Gasteiger partial charge in [0.1, 0.15) is 11.8 Å². The van der Waals surface area contributed by atoms with Crippen LogP contribution in [-0.4, -0.2) is 18.9 Å². The predicted molar refractivity (Wildman–Crippen MR) is 84.6 cm³/mol. The van der Waals surface area contributed by atoms with Crippen LogP contribution in [0.15, 0.2) is 48.5 Å². The topological polar surface area (TPSA) is 91.2 Å². The van der Waals surface area contributed by atoms with Gasteiger partial charge in [0.25, 0.3) is 0 Å². The molecule has 116 valence electrons. The second-order valence-corrected chi connectivity index (χ2v) is 4.61. The fraction of sp³-hybridized carbons (Fsp3) is 0.118. The van der Waals surface area contributed by atoms with Crippen molar-refractivity contribution in [1.29, 1.82) is 5.26 Å². The maximum Gasteiger partial charge on any atom is 0.313 e. The molecule has 2 amide bonds. The molecule has 0 bridgehead atoms. The standard InChI is InChI=1S/C17H15N3O3/c1-23-15-9-5-3-7-13(15)11-19-16(21)17(22)20-14-8-4-2-6-12(14)10-18/h2-9H,11H2,1H3,(H,19,21)(H,20,22). The minimum atomic E-state index is -0.831. The van der Waals surface area contributed by atoms with Gasteiger partial charge in [-0.15, -0.1) is 0 Å². The van der Waals surface area contributed by atoms with Crippen molar-refractivity contribution >= 4 is 17.5 Å². The van der Waals surface area contributed by atoms with Crippen molar-refractivity contribution in [1.82, 2.24) is 5.32 Å². The summed E-state index contributed by atoms with van der Waals surface area (Å²) in [6.07, 6.45) is 0. The van der Waals surface area contributed by atoms with E-state index in [1.807, 2.05) is 18.2 Å². The van der Waals surface area contributed by atoms with Gasteiger partial charge in [-0.3, -0.25) is 9.59 Å². The number of para-hydroxylation sites is 2. The van der Waals surface area contributed by atoms with Gasteiger partial charge in [-0.25, -0.2) is 0 Å². The largest absolute Gasteiger partial charge is 0.496 e. The number of methoxy groups -OCH3 is 1. The monoisotopic (exact) mass is 309 g/mol. The molecule has 0 radical (unpaired) electrons. The molecule has 23 heavy (non-hydrogen) atoms. The Labute approximate surface area is 133 Å². The maximum atomic E-state index is 11.9. The highest BCUT2D eigenvalue weighted by molar-refractivity contribution is 6.39. The number of benzene rings is 2. The SMILES string of the molecule is COc1ccccc1CNC(=O)C(=O)Nc1ccccc1C#N. The maximum absolute atomic E-state index is 11.9. The van der Waals surface area contributed by atoms with Gasteiger partial charge in [0.15, 0.2) is 0 Å². The quantitative estimate of drug-likeness (QED) is 0.843. The Morgan fingerprint density at radius 3 is 2.52 bits per heavy atom. The van der Waals surface area contributed by atoms with Gasteiger partial charge in [0, 0.05) is 12.1 Å². The molecule has 0 saturated heterocycles. The van der Waals surface area contributed by atoms with E-state index in [0.717, 1.165) is 5.56 Å². The van der Waals surface area contributed by atoms with Crippen molar-refractivity contribution in [2.45, 2.75) is 6.54 Å². The minimum Gasteiger partial charge on any atom is -0.496 e. The number of rotatable bonds is 4. The summed E-state index contributed by atoms with van der Waals surface area (Å²) in [6, 6.07) is 15.6. The lowest BCUT2D eigenvalue weighted by atomic mass is 10.2. The number of nitrogens with zero attached hydrogens (tertiary/aromatic N) is 1. The third-order valence-electron chi connectivity index (χ3n) is 3.13. The first-order valence-corrected chi connectivity index (χ1v) is 6.86. The Morgan fingerprint density at radius 2 is 1.78 bits per heavy atom. The van der Waals surface area contributed by atoms with E-state index >= 15 is 0 Å². The Morgan fingerprint density at radius 1 is 1.09 bits per heavy atom. The molecule has 0 aliphatic carbocycles. The zero-order valence-electron chi connectivity index (χ0n) is 12.5. The molecule has 2 N–H and O–H groups in total. The minimum absolute atomic E-state index is 0.163. The second-order valence-electron chi connectivity index (χ2n) is 4.61.